The molecule has 1 aliphatic rings. The Morgan fingerprint density at radius 1 is 1.67 bits per heavy atom. The molecule has 0 aromatic carbocycles. The summed E-state index contributed by atoms with van der Waals surface area (Å²) >= 11 is 5.64. The molecule has 9 heavy (non-hydrogen) atoms. The predicted octanol–water partition coefficient (Wildman–Crippen LogP) is 2.34. The summed E-state index contributed by atoms with van der Waals surface area (Å²) in [7, 11) is 0. The second-order valence-electron chi connectivity index (χ2n) is 2.01. The number of aliphatic imine (C=N–C) groups is 1. The van der Waals surface area contributed by atoms with Crippen LogP contribution in [0.15, 0.2) is 28.4 Å². The van der Waals surface area contributed by atoms with Crippen molar-refractivity contribution < 1.29 is 0 Å². The molecule has 0 bridgehead atoms. The minimum atomic E-state index is 0.403. The summed E-state index contributed by atoms with van der Waals surface area (Å²) in [4.78, 5) is 3.89. The van der Waals surface area contributed by atoms with Crippen molar-refractivity contribution >= 4 is 17.8 Å². The van der Waals surface area contributed by atoms with Gasteiger partial charge in [-0.05, 0) is 18.1 Å². The molecule has 48 valence electrons. The van der Waals surface area contributed by atoms with E-state index in [1.165, 1.54) is 0 Å². The first-order valence-electron chi connectivity index (χ1n) is 2.87. The second kappa shape index (κ2) is 2.83. The van der Waals surface area contributed by atoms with Gasteiger partial charge in [0.05, 0.1) is 0 Å². The number of nitrogens with zero attached hydrogens (tertiary/aromatic N) is 1. The Labute approximate surface area is 59.7 Å². The first kappa shape index (κ1) is 6.56. The van der Waals surface area contributed by atoms with Gasteiger partial charge in [-0.15, -0.1) is 0 Å². The van der Waals surface area contributed by atoms with Gasteiger partial charge in [-0.25, -0.2) is 4.99 Å². The van der Waals surface area contributed by atoms with Gasteiger partial charge < -0.3 is 0 Å². The van der Waals surface area contributed by atoms with Crippen LogP contribution in [0.3, 0.4) is 0 Å². The fourth-order valence-electron chi connectivity index (χ4n) is 0.655. The summed E-state index contributed by atoms with van der Waals surface area (Å²) in [5, 5.41) is 0.576. The summed E-state index contributed by atoms with van der Waals surface area (Å²) in [6.45, 7) is 2.06. The number of hydrogen-bond donors (Lipinski definition) is 0. The highest BCUT2D eigenvalue weighted by Gasteiger charge is 1.95. The summed E-state index contributed by atoms with van der Waals surface area (Å²) in [5.74, 6) is 0.403. The monoisotopic (exact) mass is 141 g/mol. The van der Waals surface area contributed by atoms with Crippen LogP contribution < -0.4 is 0 Å². The third-order valence-electron chi connectivity index (χ3n) is 1.10. The normalized spacial score (nSPS) is 25.6. The zero-order valence-electron chi connectivity index (χ0n) is 5.21. The highest BCUT2D eigenvalue weighted by Crippen LogP contribution is 2.11. The maximum Gasteiger partial charge on any atom is 0.125 e. The van der Waals surface area contributed by atoms with Crippen molar-refractivity contribution in [1.29, 1.82) is 0 Å². The van der Waals surface area contributed by atoms with Gasteiger partial charge in [0, 0.05) is 6.21 Å². The molecule has 1 unspecified atom stereocenters. The van der Waals surface area contributed by atoms with Crippen LogP contribution in [-0.2, 0) is 0 Å². The van der Waals surface area contributed by atoms with E-state index < -0.39 is 0 Å². The van der Waals surface area contributed by atoms with Crippen molar-refractivity contribution in [2.24, 2.45) is 10.9 Å². The second-order valence-corrected chi connectivity index (χ2v) is 2.40. The molecule has 0 saturated heterocycles. The summed E-state index contributed by atoms with van der Waals surface area (Å²) in [6.07, 6.45) is 7.54. The molecule has 1 atom stereocenters. The Hall–Kier alpha value is -0.560. The van der Waals surface area contributed by atoms with Crippen molar-refractivity contribution in [2.45, 2.75) is 6.92 Å². The standard InChI is InChI=1S/C7H8ClN/c1-6-3-2-4-9-7(8)5-6/h2-6H,1H3. The van der Waals surface area contributed by atoms with Crippen molar-refractivity contribution in [1.82, 2.24) is 0 Å². The molecule has 1 heterocycles. The number of rotatable bonds is 0. The largest absolute Gasteiger partial charge is 0.245 e. The van der Waals surface area contributed by atoms with E-state index in [1.807, 2.05) is 18.2 Å². The lowest BCUT2D eigenvalue weighted by Gasteiger charge is -1.92. The van der Waals surface area contributed by atoms with Crippen LogP contribution in [0.25, 0.3) is 0 Å². The molecule has 1 rings (SSSR count). The zero-order chi connectivity index (χ0) is 6.69. The van der Waals surface area contributed by atoms with E-state index in [4.69, 9.17) is 11.6 Å². The lowest BCUT2D eigenvalue weighted by molar-refractivity contribution is 0.937. The molecule has 1 nitrogen and oxygen atoms in total. The van der Waals surface area contributed by atoms with Crippen LogP contribution in [0.4, 0.5) is 0 Å². The fourth-order valence-corrected chi connectivity index (χ4v) is 0.910. The summed E-state index contributed by atoms with van der Waals surface area (Å²) in [5.41, 5.74) is 0. The van der Waals surface area contributed by atoms with E-state index in [9.17, 15) is 0 Å². The predicted molar refractivity (Wildman–Crippen MR) is 40.7 cm³/mol. The average molecular weight is 142 g/mol. The van der Waals surface area contributed by atoms with Gasteiger partial charge in [0.1, 0.15) is 5.16 Å². The summed E-state index contributed by atoms with van der Waals surface area (Å²) in [6, 6.07) is 0. The van der Waals surface area contributed by atoms with Crippen LogP contribution in [0.1, 0.15) is 6.92 Å². The lowest BCUT2D eigenvalue weighted by Crippen LogP contribution is -1.79. The van der Waals surface area contributed by atoms with E-state index in [2.05, 4.69) is 11.9 Å². The molecule has 1 aliphatic heterocycles. The van der Waals surface area contributed by atoms with Crippen LogP contribution >= 0.6 is 11.6 Å². The van der Waals surface area contributed by atoms with Crippen molar-refractivity contribution in [3.05, 3.63) is 23.4 Å². The van der Waals surface area contributed by atoms with E-state index in [0.29, 0.717) is 11.1 Å². The Balaban J connectivity index is 2.77. The summed E-state index contributed by atoms with van der Waals surface area (Å²) < 4.78 is 0. The van der Waals surface area contributed by atoms with Crippen LogP contribution in [0.5, 0.6) is 0 Å². The molecule has 0 saturated carbocycles. The molecule has 0 aromatic rings. The SMILES string of the molecule is CC1C=CC=NC(Cl)=C1. The number of allylic oxidation sites excluding steroid dienone is 3. The van der Waals surface area contributed by atoms with Crippen LogP contribution in [0, 0.1) is 5.92 Å². The average Bonchev–Trinajstić information content (AvgIpc) is 1.93. The smallest absolute Gasteiger partial charge is 0.125 e. The van der Waals surface area contributed by atoms with E-state index in [1.54, 1.807) is 6.21 Å². The maximum absolute atomic E-state index is 5.64. The molecule has 0 radical (unpaired) electrons. The van der Waals surface area contributed by atoms with Gasteiger partial charge in [0.15, 0.2) is 0 Å². The third kappa shape index (κ3) is 2.02. The minimum absolute atomic E-state index is 0.403. The molecule has 0 aromatic heterocycles. The van der Waals surface area contributed by atoms with Gasteiger partial charge in [-0.3, -0.25) is 0 Å². The third-order valence-corrected chi connectivity index (χ3v) is 1.32. The molecule has 0 spiro atoms. The Kier molecular flexibility index (Phi) is 2.06. The Bertz CT molecular complexity index is 179. The highest BCUT2D eigenvalue weighted by atomic mass is 35.5. The molecular weight excluding hydrogens is 134 g/mol. The van der Waals surface area contributed by atoms with E-state index in [-0.39, 0.29) is 0 Å². The molecule has 0 aliphatic carbocycles. The van der Waals surface area contributed by atoms with Gasteiger partial charge in [0.2, 0.25) is 0 Å². The zero-order valence-corrected chi connectivity index (χ0v) is 5.97. The fraction of sp³-hybridized carbons (Fsp3) is 0.286. The Morgan fingerprint density at radius 3 is 3.22 bits per heavy atom. The van der Waals surface area contributed by atoms with E-state index >= 15 is 0 Å². The van der Waals surface area contributed by atoms with Gasteiger partial charge in [-0.2, -0.15) is 0 Å². The van der Waals surface area contributed by atoms with Crippen molar-refractivity contribution in [3.8, 4) is 0 Å². The molecule has 0 amide bonds. The van der Waals surface area contributed by atoms with Crippen molar-refractivity contribution in [3.63, 3.8) is 0 Å². The first-order valence-corrected chi connectivity index (χ1v) is 3.25. The van der Waals surface area contributed by atoms with Gasteiger partial charge in [0.25, 0.3) is 0 Å². The van der Waals surface area contributed by atoms with Crippen LogP contribution in [-0.4, -0.2) is 6.21 Å². The topological polar surface area (TPSA) is 12.4 Å². The van der Waals surface area contributed by atoms with E-state index in [0.717, 1.165) is 0 Å². The van der Waals surface area contributed by atoms with Gasteiger partial charge in [-0.1, -0.05) is 24.6 Å². The highest BCUT2D eigenvalue weighted by molar-refractivity contribution is 6.29. The lowest BCUT2D eigenvalue weighted by atomic mass is 10.2. The maximum atomic E-state index is 5.64. The molecule has 2 heteroatoms. The van der Waals surface area contributed by atoms with Crippen molar-refractivity contribution in [2.75, 3.05) is 0 Å². The number of halogens is 1. The first-order chi connectivity index (χ1) is 4.29. The number of hydrogen-bond acceptors (Lipinski definition) is 1. The molecule has 0 fully saturated rings. The molecule has 0 N–H and O–H groups in total. The van der Waals surface area contributed by atoms with Gasteiger partial charge >= 0.3 is 0 Å². The quantitative estimate of drug-likeness (QED) is 0.460. The van der Waals surface area contributed by atoms with Crippen LogP contribution in [0.2, 0.25) is 0 Å². The minimum Gasteiger partial charge on any atom is -0.245 e. The molecular formula is C7H8ClN. The Morgan fingerprint density at radius 2 is 2.44 bits per heavy atom.